The van der Waals surface area contributed by atoms with Gasteiger partial charge in [-0.3, -0.25) is 0 Å². The fourth-order valence-corrected chi connectivity index (χ4v) is 3.79. The lowest BCUT2D eigenvalue weighted by molar-refractivity contribution is 0.588. The van der Waals surface area contributed by atoms with E-state index in [1.165, 1.54) is 16.5 Å². The van der Waals surface area contributed by atoms with E-state index in [1.54, 1.807) is 18.2 Å². The molecule has 2 aromatic heterocycles. The highest BCUT2D eigenvalue weighted by molar-refractivity contribution is 9.10. The van der Waals surface area contributed by atoms with Crippen molar-refractivity contribution in [2.24, 2.45) is 0 Å². The molecular formula is C13H10BrN3O2S. The van der Waals surface area contributed by atoms with Crippen LogP contribution >= 0.6 is 15.9 Å². The molecule has 1 aromatic carbocycles. The number of hydrogen-bond donors (Lipinski definition) is 0. The summed E-state index contributed by atoms with van der Waals surface area (Å²) in [6.45, 7) is 0. The van der Waals surface area contributed by atoms with Gasteiger partial charge < -0.3 is 0 Å². The lowest BCUT2D eigenvalue weighted by Gasteiger charge is -2.06. The van der Waals surface area contributed by atoms with E-state index in [0.717, 1.165) is 5.56 Å². The second-order valence-corrected chi connectivity index (χ2v) is 6.85. The van der Waals surface area contributed by atoms with Crippen LogP contribution in [0.5, 0.6) is 0 Å². The Hall–Kier alpha value is -1.73. The maximum Gasteiger partial charge on any atom is 0.244 e. The molecule has 0 amide bonds. The van der Waals surface area contributed by atoms with E-state index in [1.807, 2.05) is 18.2 Å². The molecule has 7 heteroatoms. The average Bonchev–Trinajstić information content (AvgIpc) is 2.85. The largest absolute Gasteiger partial charge is 0.244 e. The second-order valence-electron chi connectivity index (χ2n) is 4.26. The molecule has 0 radical (unpaired) electrons. The number of aromatic nitrogens is 3. The van der Waals surface area contributed by atoms with Gasteiger partial charge in [0, 0.05) is 6.20 Å². The van der Waals surface area contributed by atoms with E-state index in [0.29, 0.717) is 15.6 Å². The van der Waals surface area contributed by atoms with Crippen molar-refractivity contribution in [3.63, 3.8) is 0 Å². The van der Waals surface area contributed by atoms with Gasteiger partial charge in [0.25, 0.3) is 0 Å². The molecule has 0 unspecified atom stereocenters. The van der Waals surface area contributed by atoms with Crippen LogP contribution in [-0.4, -0.2) is 22.4 Å². The van der Waals surface area contributed by atoms with Crippen molar-refractivity contribution >= 4 is 37.0 Å². The molecule has 0 N–H and O–H groups in total. The van der Waals surface area contributed by atoms with Crippen LogP contribution in [0.1, 0.15) is 5.56 Å². The molecule has 0 spiro atoms. The fraction of sp³-hybridized carbons (Fsp3) is 0.0769. The molecule has 0 aliphatic rings. The van der Waals surface area contributed by atoms with Crippen molar-refractivity contribution in [2.75, 3.05) is 0 Å². The third kappa shape index (κ3) is 2.34. The average molecular weight is 352 g/mol. The first-order valence-corrected chi connectivity index (χ1v) is 8.23. The van der Waals surface area contributed by atoms with Gasteiger partial charge in [0.15, 0.2) is 5.65 Å². The maximum absolute atomic E-state index is 12.5. The van der Waals surface area contributed by atoms with Crippen LogP contribution in [0.2, 0.25) is 0 Å². The minimum Gasteiger partial charge on any atom is -0.229 e. The highest BCUT2D eigenvalue weighted by atomic mass is 79.9. The summed E-state index contributed by atoms with van der Waals surface area (Å²) in [4.78, 5) is 8.04. The first kappa shape index (κ1) is 13.3. The number of benzene rings is 1. The lowest BCUT2D eigenvalue weighted by atomic mass is 10.2. The Bertz CT molecular complexity index is 860. The summed E-state index contributed by atoms with van der Waals surface area (Å²) in [6.07, 6.45) is 2.84. The standard InChI is InChI=1S/C13H10BrN3O2S/c14-12-11-6-7-17(13(11)16-9-15-12)20(18,19)8-10-4-2-1-3-5-10/h1-7,9H,8H2. The third-order valence-corrected chi connectivity index (χ3v) is 5.12. The minimum absolute atomic E-state index is 0.0702. The predicted octanol–water partition coefficient (Wildman–Crippen LogP) is 2.57. The maximum atomic E-state index is 12.5. The van der Waals surface area contributed by atoms with E-state index in [-0.39, 0.29) is 5.75 Å². The topological polar surface area (TPSA) is 64.8 Å². The summed E-state index contributed by atoms with van der Waals surface area (Å²) in [5.41, 5.74) is 1.12. The molecule has 0 atom stereocenters. The predicted molar refractivity (Wildman–Crippen MR) is 79.7 cm³/mol. The summed E-state index contributed by atoms with van der Waals surface area (Å²) < 4.78 is 26.7. The normalized spacial score (nSPS) is 11.8. The third-order valence-electron chi connectivity index (χ3n) is 2.89. The number of rotatable bonds is 3. The van der Waals surface area contributed by atoms with Crippen LogP contribution in [0.25, 0.3) is 11.0 Å². The summed E-state index contributed by atoms with van der Waals surface area (Å²) in [5, 5.41) is 0.670. The van der Waals surface area contributed by atoms with Gasteiger partial charge in [-0.25, -0.2) is 22.4 Å². The molecule has 0 saturated carbocycles. The zero-order valence-corrected chi connectivity index (χ0v) is 12.7. The van der Waals surface area contributed by atoms with Crippen molar-refractivity contribution in [3.05, 3.63) is 59.1 Å². The Labute approximate surface area is 124 Å². The Morgan fingerprint density at radius 1 is 1.10 bits per heavy atom. The molecule has 102 valence electrons. The minimum atomic E-state index is -3.51. The van der Waals surface area contributed by atoms with Crippen molar-refractivity contribution in [1.82, 2.24) is 13.9 Å². The molecule has 0 fully saturated rings. The summed E-state index contributed by atoms with van der Waals surface area (Å²) in [7, 11) is -3.51. The van der Waals surface area contributed by atoms with Crippen molar-refractivity contribution in [3.8, 4) is 0 Å². The molecule has 20 heavy (non-hydrogen) atoms. The molecule has 3 aromatic rings. The SMILES string of the molecule is O=S(=O)(Cc1ccccc1)n1ccc2c(Br)ncnc21. The Balaban J connectivity index is 2.08. The summed E-state index contributed by atoms with van der Waals surface area (Å²) >= 11 is 3.28. The zero-order chi connectivity index (χ0) is 14.2. The molecule has 0 bridgehead atoms. The number of hydrogen-bond acceptors (Lipinski definition) is 4. The first-order valence-electron chi connectivity index (χ1n) is 5.83. The van der Waals surface area contributed by atoms with E-state index in [2.05, 4.69) is 25.9 Å². The Kier molecular flexibility index (Phi) is 3.31. The summed E-state index contributed by atoms with van der Waals surface area (Å²) in [5.74, 6) is -0.0702. The van der Waals surface area contributed by atoms with Crippen molar-refractivity contribution in [1.29, 1.82) is 0 Å². The molecule has 2 heterocycles. The molecule has 0 aliphatic heterocycles. The highest BCUT2D eigenvalue weighted by Crippen LogP contribution is 2.23. The Morgan fingerprint density at radius 2 is 1.85 bits per heavy atom. The monoisotopic (exact) mass is 351 g/mol. The van der Waals surface area contributed by atoms with Gasteiger partial charge in [-0.15, -0.1) is 0 Å². The van der Waals surface area contributed by atoms with Gasteiger partial charge in [0.05, 0.1) is 11.1 Å². The fourth-order valence-electron chi connectivity index (χ4n) is 1.98. The van der Waals surface area contributed by atoms with Gasteiger partial charge in [0.1, 0.15) is 10.9 Å². The van der Waals surface area contributed by atoms with Crippen LogP contribution in [0.3, 0.4) is 0 Å². The van der Waals surface area contributed by atoms with Crippen LogP contribution in [0, 0.1) is 0 Å². The van der Waals surface area contributed by atoms with Gasteiger partial charge in [-0.05, 0) is 27.6 Å². The van der Waals surface area contributed by atoms with Gasteiger partial charge in [-0.2, -0.15) is 0 Å². The number of fused-ring (bicyclic) bond motifs is 1. The van der Waals surface area contributed by atoms with Crippen molar-refractivity contribution < 1.29 is 8.42 Å². The quantitative estimate of drug-likeness (QED) is 0.680. The lowest BCUT2D eigenvalue weighted by Crippen LogP contribution is -2.14. The van der Waals surface area contributed by atoms with Gasteiger partial charge in [0.2, 0.25) is 10.0 Å². The van der Waals surface area contributed by atoms with Crippen LogP contribution < -0.4 is 0 Å². The van der Waals surface area contributed by atoms with Crippen LogP contribution in [-0.2, 0) is 15.8 Å². The highest BCUT2D eigenvalue weighted by Gasteiger charge is 2.18. The molecule has 3 rings (SSSR count). The molecule has 0 aliphatic carbocycles. The first-order chi connectivity index (χ1) is 9.58. The van der Waals surface area contributed by atoms with Crippen molar-refractivity contribution in [2.45, 2.75) is 5.75 Å². The summed E-state index contributed by atoms with van der Waals surface area (Å²) in [6, 6.07) is 10.7. The number of halogens is 1. The van der Waals surface area contributed by atoms with E-state index in [4.69, 9.17) is 0 Å². The smallest absolute Gasteiger partial charge is 0.229 e. The van der Waals surface area contributed by atoms with Crippen LogP contribution in [0.4, 0.5) is 0 Å². The van der Waals surface area contributed by atoms with Gasteiger partial charge in [-0.1, -0.05) is 30.3 Å². The molecular weight excluding hydrogens is 342 g/mol. The van der Waals surface area contributed by atoms with E-state index in [9.17, 15) is 8.42 Å². The van der Waals surface area contributed by atoms with Gasteiger partial charge >= 0.3 is 0 Å². The van der Waals surface area contributed by atoms with E-state index < -0.39 is 10.0 Å². The second kappa shape index (κ2) is 4.99. The molecule has 0 saturated heterocycles. The Morgan fingerprint density at radius 3 is 2.60 bits per heavy atom. The number of nitrogens with zero attached hydrogens (tertiary/aromatic N) is 3. The van der Waals surface area contributed by atoms with E-state index >= 15 is 0 Å². The molecule has 5 nitrogen and oxygen atoms in total. The van der Waals surface area contributed by atoms with Crippen LogP contribution in [0.15, 0.2) is 53.5 Å². The zero-order valence-electron chi connectivity index (χ0n) is 10.3.